The van der Waals surface area contributed by atoms with Crippen LogP contribution in [0, 0.1) is 5.92 Å². The number of hydrogen-bond donors (Lipinski definition) is 1. The number of benzene rings is 1. The van der Waals surface area contributed by atoms with E-state index in [-0.39, 0.29) is 0 Å². The van der Waals surface area contributed by atoms with Crippen LogP contribution in [0.4, 0.5) is 8.78 Å². The van der Waals surface area contributed by atoms with Crippen molar-refractivity contribution in [3.63, 3.8) is 0 Å². The van der Waals surface area contributed by atoms with Gasteiger partial charge in [-0.2, -0.15) is 8.78 Å². The lowest BCUT2D eigenvalue weighted by Crippen LogP contribution is -2.25. The lowest BCUT2D eigenvalue weighted by molar-refractivity contribution is -0.166. The van der Waals surface area contributed by atoms with Gasteiger partial charge in [0, 0.05) is 10.0 Å². The molecule has 0 aliphatic carbocycles. The molecule has 0 unspecified atom stereocenters. The molecule has 2 nitrogen and oxygen atoms in total. The predicted molar refractivity (Wildman–Crippen MR) is 64.2 cm³/mol. The van der Waals surface area contributed by atoms with E-state index in [4.69, 9.17) is 5.11 Å². The third-order valence-electron chi connectivity index (χ3n) is 2.31. The third kappa shape index (κ3) is 3.25. The smallest absolute Gasteiger partial charge is 0.379 e. The second kappa shape index (κ2) is 5.12. The molecule has 0 aliphatic rings. The van der Waals surface area contributed by atoms with Crippen molar-refractivity contribution in [3.8, 4) is 0 Å². The van der Waals surface area contributed by atoms with Gasteiger partial charge < -0.3 is 5.11 Å². The number of aliphatic carboxylic acids is 1. The van der Waals surface area contributed by atoms with Gasteiger partial charge in [-0.05, 0) is 24.0 Å². The fraction of sp³-hybridized carbons (Fsp3) is 0.417. The topological polar surface area (TPSA) is 37.3 Å². The zero-order chi connectivity index (χ0) is 13.2. The molecule has 0 atom stereocenters. The maximum Gasteiger partial charge on any atom is 0.379 e. The minimum Gasteiger partial charge on any atom is -0.477 e. The van der Waals surface area contributed by atoms with Gasteiger partial charge in [0.1, 0.15) is 0 Å². The van der Waals surface area contributed by atoms with Gasteiger partial charge in [-0.3, -0.25) is 0 Å². The molecule has 0 radical (unpaired) electrons. The average Bonchev–Trinajstić information content (AvgIpc) is 2.20. The summed E-state index contributed by atoms with van der Waals surface area (Å²) in [6.07, 6.45) is 0.750. The molecule has 0 saturated carbocycles. The van der Waals surface area contributed by atoms with Crippen molar-refractivity contribution in [2.75, 3.05) is 0 Å². The molecule has 1 rings (SSSR count). The van der Waals surface area contributed by atoms with Gasteiger partial charge in [-0.25, -0.2) is 4.79 Å². The zero-order valence-corrected chi connectivity index (χ0v) is 11.1. The van der Waals surface area contributed by atoms with Crippen LogP contribution in [-0.2, 0) is 17.1 Å². The minimum atomic E-state index is -3.85. The molecular formula is C12H13BrF2O2. The van der Waals surface area contributed by atoms with Crippen molar-refractivity contribution < 1.29 is 18.7 Å². The SMILES string of the molecule is CC(C)Cc1ccc(C(F)(F)C(=O)O)cc1Br. The molecule has 1 aromatic carbocycles. The number of carboxylic acids is 1. The van der Waals surface area contributed by atoms with Gasteiger partial charge in [0.2, 0.25) is 0 Å². The van der Waals surface area contributed by atoms with E-state index in [2.05, 4.69) is 15.9 Å². The summed E-state index contributed by atoms with van der Waals surface area (Å²) in [6.45, 7) is 4.04. The van der Waals surface area contributed by atoms with Crippen LogP contribution in [0.5, 0.6) is 0 Å². The maximum atomic E-state index is 13.2. The highest BCUT2D eigenvalue weighted by molar-refractivity contribution is 9.10. The second-order valence-electron chi connectivity index (χ2n) is 4.28. The molecule has 0 heterocycles. The first kappa shape index (κ1) is 14.1. The standard InChI is InChI=1S/C12H13BrF2O2/c1-7(2)5-8-3-4-9(6-10(8)13)12(14,15)11(16)17/h3-4,6-7H,5H2,1-2H3,(H,16,17). The quantitative estimate of drug-likeness (QED) is 0.918. The lowest BCUT2D eigenvalue weighted by atomic mass is 10.00. The van der Waals surface area contributed by atoms with Crippen LogP contribution >= 0.6 is 15.9 Å². The Kier molecular flexibility index (Phi) is 4.25. The molecule has 0 fully saturated rings. The molecular weight excluding hydrogens is 294 g/mol. The number of hydrogen-bond acceptors (Lipinski definition) is 1. The third-order valence-corrected chi connectivity index (χ3v) is 3.05. The molecule has 0 spiro atoms. The number of alkyl halides is 2. The van der Waals surface area contributed by atoms with Crippen LogP contribution in [0.3, 0.4) is 0 Å². The predicted octanol–water partition coefficient (Wildman–Crippen LogP) is 3.82. The van der Waals surface area contributed by atoms with Crippen molar-refractivity contribution >= 4 is 21.9 Å². The van der Waals surface area contributed by atoms with E-state index in [1.54, 1.807) is 0 Å². The molecule has 0 aromatic heterocycles. The van der Waals surface area contributed by atoms with E-state index in [9.17, 15) is 13.6 Å². The summed E-state index contributed by atoms with van der Waals surface area (Å²) in [5.41, 5.74) is 0.384. The highest BCUT2D eigenvalue weighted by Gasteiger charge is 2.41. The fourth-order valence-electron chi connectivity index (χ4n) is 1.47. The molecule has 5 heteroatoms. The first-order valence-corrected chi connectivity index (χ1v) is 5.94. The summed E-state index contributed by atoms with van der Waals surface area (Å²) in [6, 6.07) is 3.87. The first-order chi connectivity index (χ1) is 7.75. The highest BCUT2D eigenvalue weighted by Crippen LogP contribution is 2.32. The molecule has 94 valence electrons. The summed E-state index contributed by atoms with van der Waals surface area (Å²) in [5, 5.41) is 8.44. The monoisotopic (exact) mass is 306 g/mol. The second-order valence-corrected chi connectivity index (χ2v) is 5.14. The van der Waals surface area contributed by atoms with Crippen LogP contribution in [0.2, 0.25) is 0 Å². The van der Waals surface area contributed by atoms with E-state index in [1.807, 2.05) is 13.8 Å². The fourth-order valence-corrected chi connectivity index (χ4v) is 2.01. The Morgan fingerprint density at radius 1 is 1.47 bits per heavy atom. The largest absolute Gasteiger partial charge is 0.477 e. The van der Waals surface area contributed by atoms with E-state index in [0.29, 0.717) is 10.4 Å². The Balaban J connectivity index is 3.08. The van der Waals surface area contributed by atoms with Crippen LogP contribution < -0.4 is 0 Å². The summed E-state index contributed by atoms with van der Waals surface area (Å²) >= 11 is 3.19. The van der Waals surface area contributed by atoms with Gasteiger partial charge >= 0.3 is 11.9 Å². The van der Waals surface area contributed by atoms with Crippen molar-refractivity contribution in [2.45, 2.75) is 26.2 Å². The molecule has 0 amide bonds. The maximum absolute atomic E-state index is 13.2. The normalized spacial score (nSPS) is 11.9. The molecule has 17 heavy (non-hydrogen) atoms. The zero-order valence-electron chi connectivity index (χ0n) is 9.51. The highest BCUT2D eigenvalue weighted by atomic mass is 79.9. The van der Waals surface area contributed by atoms with E-state index < -0.39 is 17.5 Å². The molecule has 0 saturated heterocycles. The Bertz CT molecular complexity index is 431. The van der Waals surface area contributed by atoms with E-state index in [0.717, 1.165) is 18.1 Å². The lowest BCUT2D eigenvalue weighted by Gasteiger charge is -2.14. The Morgan fingerprint density at radius 3 is 2.47 bits per heavy atom. The summed E-state index contributed by atoms with van der Waals surface area (Å²) in [4.78, 5) is 10.4. The molecule has 0 bridgehead atoms. The van der Waals surface area contributed by atoms with Crippen LogP contribution in [0.25, 0.3) is 0 Å². The van der Waals surface area contributed by atoms with Crippen LogP contribution in [0.15, 0.2) is 22.7 Å². The Labute approximate surface area is 107 Å². The molecule has 0 aliphatic heterocycles. The van der Waals surface area contributed by atoms with Crippen molar-refractivity contribution in [1.82, 2.24) is 0 Å². The van der Waals surface area contributed by atoms with Gasteiger partial charge in [-0.1, -0.05) is 41.9 Å². The summed E-state index contributed by atoms with van der Waals surface area (Å²) in [5.74, 6) is -5.59. The first-order valence-electron chi connectivity index (χ1n) is 5.15. The number of halogens is 3. The minimum absolute atomic E-state index is 0.400. The summed E-state index contributed by atoms with van der Waals surface area (Å²) in [7, 11) is 0. The van der Waals surface area contributed by atoms with Gasteiger partial charge in [0.15, 0.2) is 0 Å². The van der Waals surface area contributed by atoms with Gasteiger partial charge in [-0.15, -0.1) is 0 Å². The van der Waals surface area contributed by atoms with Crippen molar-refractivity contribution in [2.24, 2.45) is 5.92 Å². The summed E-state index contributed by atoms with van der Waals surface area (Å²) < 4.78 is 27.0. The van der Waals surface area contributed by atoms with Gasteiger partial charge in [0.05, 0.1) is 0 Å². The van der Waals surface area contributed by atoms with Crippen molar-refractivity contribution in [1.29, 1.82) is 0 Å². The average molecular weight is 307 g/mol. The van der Waals surface area contributed by atoms with E-state index >= 15 is 0 Å². The van der Waals surface area contributed by atoms with E-state index in [1.165, 1.54) is 12.1 Å². The number of rotatable bonds is 4. The van der Waals surface area contributed by atoms with Crippen LogP contribution in [-0.4, -0.2) is 11.1 Å². The number of carboxylic acid groups (broad SMARTS) is 1. The number of carbonyl (C=O) groups is 1. The van der Waals surface area contributed by atoms with Gasteiger partial charge in [0.25, 0.3) is 0 Å². The Morgan fingerprint density at radius 2 is 2.06 bits per heavy atom. The van der Waals surface area contributed by atoms with Crippen LogP contribution in [0.1, 0.15) is 25.0 Å². The Hall–Kier alpha value is -0.970. The molecule has 1 N–H and O–H groups in total. The van der Waals surface area contributed by atoms with Crippen molar-refractivity contribution in [3.05, 3.63) is 33.8 Å². The molecule has 1 aromatic rings.